The number of nitrogens with one attached hydrogen (secondary N) is 1. The second-order valence-corrected chi connectivity index (χ2v) is 5.33. The topological polar surface area (TPSA) is 64.9 Å². The van der Waals surface area contributed by atoms with Crippen molar-refractivity contribution in [1.29, 1.82) is 0 Å². The summed E-state index contributed by atoms with van der Waals surface area (Å²) in [5.74, 6) is -0.331. The number of nitrogens with zero attached hydrogens (tertiary/aromatic N) is 2. The lowest BCUT2D eigenvalue weighted by atomic mass is 10.1. The Morgan fingerprint density at radius 3 is 2.57 bits per heavy atom. The molecule has 1 aromatic carbocycles. The summed E-state index contributed by atoms with van der Waals surface area (Å²) in [6.07, 6.45) is 4.81. The monoisotopic (exact) mass is 289 g/mol. The van der Waals surface area contributed by atoms with E-state index in [1.165, 1.54) is 32.4 Å². The number of oxime groups is 1. The maximum atomic E-state index is 12.0. The summed E-state index contributed by atoms with van der Waals surface area (Å²) in [6, 6.07) is 8.98. The number of carbonyl (C=O) groups is 1. The van der Waals surface area contributed by atoms with Crippen LogP contribution in [0, 0.1) is 0 Å². The van der Waals surface area contributed by atoms with Crippen LogP contribution in [0.3, 0.4) is 0 Å². The van der Waals surface area contributed by atoms with Crippen LogP contribution in [0.15, 0.2) is 35.5 Å². The maximum Gasteiger partial charge on any atom is 0.273 e. The van der Waals surface area contributed by atoms with Crippen LogP contribution in [-0.4, -0.2) is 47.9 Å². The van der Waals surface area contributed by atoms with E-state index in [-0.39, 0.29) is 11.6 Å². The number of amides is 1. The Labute approximate surface area is 125 Å². The molecule has 0 spiro atoms. The second kappa shape index (κ2) is 8.42. The molecule has 2 rings (SSSR count). The van der Waals surface area contributed by atoms with Gasteiger partial charge in [0.1, 0.15) is 0 Å². The molecule has 1 aliphatic rings. The van der Waals surface area contributed by atoms with Gasteiger partial charge in [0.25, 0.3) is 5.91 Å². The Morgan fingerprint density at radius 1 is 1.19 bits per heavy atom. The summed E-state index contributed by atoms with van der Waals surface area (Å²) in [4.78, 5) is 14.4. The summed E-state index contributed by atoms with van der Waals surface area (Å²) in [6.45, 7) is 3.95. The lowest BCUT2D eigenvalue weighted by molar-refractivity contribution is -0.114. The summed E-state index contributed by atoms with van der Waals surface area (Å²) in [5.41, 5.74) is 0.683. The van der Waals surface area contributed by atoms with Crippen LogP contribution in [-0.2, 0) is 4.79 Å². The lowest BCUT2D eigenvalue weighted by Gasteiger charge is -2.26. The van der Waals surface area contributed by atoms with Crippen LogP contribution in [0.4, 0.5) is 0 Å². The standard InChI is InChI=1S/C16H23N3O2/c20-16(15(18-21)14-8-3-1-4-9-14)17-10-7-13-19-11-5-2-6-12-19/h1,3-4,8-9,21H,2,5-7,10-13H2,(H,17,20). The number of rotatable bonds is 6. The molecule has 0 aromatic heterocycles. The first-order valence-corrected chi connectivity index (χ1v) is 7.59. The van der Waals surface area contributed by atoms with E-state index in [0.29, 0.717) is 12.1 Å². The molecule has 1 aliphatic heterocycles. The Balaban J connectivity index is 1.73. The molecule has 114 valence electrons. The molecule has 1 aromatic rings. The largest absolute Gasteiger partial charge is 0.410 e. The van der Waals surface area contributed by atoms with E-state index in [2.05, 4.69) is 15.4 Å². The molecule has 0 saturated carbocycles. The zero-order valence-corrected chi connectivity index (χ0v) is 12.3. The van der Waals surface area contributed by atoms with Gasteiger partial charge < -0.3 is 15.4 Å². The van der Waals surface area contributed by atoms with Gasteiger partial charge in [-0.3, -0.25) is 4.79 Å². The highest BCUT2D eigenvalue weighted by molar-refractivity contribution is 6.45. The average molecular weight is 289 g/mol. The Bertz CT molecular complexity index is 468. The first-order chi connectivity index (χ1) is 10.3. The highest BCUT2D eigenvalue weighted by Crippen LogP contribution is 2.08. The molecule has 0 bridgehead atoms. The first-order valence-electron chi connectivity index (χ1n) is 7.59. The zero-order chi connectivity index (χ0) is 14.9. The normalized spacial score (nSPS) is 16.7. The van der Waals surface area contributed by atoms with E-state index < -0.39 is 0 Å². The van der Waals surface area contributed by atoms with E-state index in [0.717, 1.165) is 13.0 Å². The molecule has 1 heterocycles. The third-order valence-electron chi connectivity index (χ3n) is 3.75. The van der Waals surface area contributed by atoms with Crippen molar-refractivity contribution in [2.75, 3.05) is 26.2 Å². The van der Waals surface area contributed by atoms with Gasteiger partial charge in [0, 0.05) is 12.1 Å². The fraction of sp³-hybridized carbons (Fsp3) is 0.500. The smallest absolute Gasteiger partial charge is 0.273 e. The van der Waals surface area contributed by atoms with Crippen LogP contribution < -0.4 is 5.32 Å². The molecular weight excluding hydrogens is 266 g/mol. The highest BCUT2D eigenvalue weighted by atomic mass is 16.4. The van der Waals surface area contributed by atoms with Gasteiger partial charge in [-0.15, -0.1) is 0 Å². The summed E-state index contributed by atoms with van der Waals surface area (Å²) < 4.78 is 0. The molecule has 0 radical (unpaired) electrons. The number of carbonyl (C=O) groups excluding carboxylic acids is 1. The number of piperidine rings is 1. The molecule has 21 heavy (non-hydrogen) atoms. The average Bonchev–Trinajstić information content (AvgIpc) is 2.54. The quantitative estimate of drug-likeness (QED) is 0.363. The first kappa shape index (κ1) is 15.5. The van der Waals surface area contributed by atoms with Crippen molar-refractivity contribution in [2.45, 2.75) is 25.7 Å². The molecular formula is C16H23N3O2. The fourth-order valence-electron chi connectivity index (χ4n) is 2.60. The van der Waals surface area contributed by atoms with E-state index in [1.54, 1.807) is 12.1 Å². The molecule has 0 atom stereocenters. The predicted octanol–water partition coefficient (Wildman–Crippen LogP) is 1.86. The van der Waals surface area contributed by atoms with Crippen LogP contribution in [0.5, 0.6) is 0 Å². The number of hydrogen-bond acceptors (Lipinski definition) is 4. The van der Waals surface area contributed by atoms with Gasteiger partial charge in [-0.2, -0.15) is 0 Å². The lowest BCUT2D eigenvalue weighted by Crippen LogP contribution is -2.35. The fourth-order valence-corrected chi connectivity index (χ4v) is 2.60. The summed E-state index contributed by atoms with van der Waals surface area (Å²) >= 11 is 0. The van der Waals surface area contributed by atoms with Crippen molar-refractivity contribution in [2.24, 2.45) is 5.16 Å². The third kappa shape index (κ3) is 4.86. The van der Waals surface area contributed by atoms with Crippen molar-refractivity contribution in [3.63, 3.8) is 0 Å². The van der Waals surface area contributed by atoms with E-state index >= 15 is 0 Å². The molecule has 5 heteroatoms. The van der Waals surface area contributed by atoms with E-state index in [9.17, 15) is 4.79 Å². The van der Waals surface area contributed by atoms with Gasteiger partial charge in [0.15, 0.2) is 5.71 Å². The summed E-state index contributed by atoms with van der Waals surface area (Å²) in [5, 5.41) is 15.0. The van der Waals surface area contributed by atoms with Crippen LogP contribution >= 0.6 is 0 Å². The van der Waals surface area contributed by atoms with Gasteiger partial charge in [0.05, 0.1) is 0 Å². The van der Waals surface area contributed by atoms with E-state index in [1.807, 2.05) is 18.2 Å². The second-order valence-electron chi connectivity index (χ2n) is 5.33. The van der Waals surface area contributed by atoms with Crippen molar-refractivity contribution >= 4 is 11.6 Å². The highest BCUT2D eigenvalue weighted by Gasteiger charge is 2.14. The number of hydrogen-bond donors (Lipinski definition) is 2. The summed E-state index contributed by atoms with van der Waals surface area (Å²) in [7, 11) is 0. The van der Waals surface area contributed by atoms with Crippen LogP contribution in [0.2, 0.25) is 0 Å². The van der Waals surface area contributed by atoms with Gasteiger partial charge in [-0.1, -0.05) is 41.9 Å². The molecule has 1 fully saturated rings. The van der Waals surface area contributed by atoms with Crippen molar-refractivity contribution in [1.82, 2.24) is 10.2 Å². The Hall–Kier alpha value is -1.88. The van der Waals surface area contributed by atoms with Crippen LogP contribution in [0.1, 0.15) is 31.2 Å². The number of benzene rings is 1. The zero-order valence-electron chi connectivity index (χ0n) is 12.3. The molecule has 5 nitrogen and oxygen atoms in total. The minimum atomic E-state index is -0.331. The molecule has 0 aliphatic carbocycles. The van der Waals surface area contributed by atoms with Gasteiger partial charge in [-0.05, 0) is 38.9 Å². The molecule has 1 saturated heterocycles. The van der Waals surface area contributed by atoms with Crippen molar-refractivity contribution in [3.05, 3.63) is 35.9 Å². The van der Waals surface area contributed by atoms with Crippen LogP contribution in [0.25, 0.3) is 0 Å². The van der Waals surface area contributed by atoms with Gasteiger partial charge in [0.2, 0.25) is 0 Å². The van der Waals surface area contributed by atoms with Crippen molar-refractivity contribution in [3.8, 4) is 0 Å². The van der Waals surface area contributed by atoms with E-state index in [4.69, 9.17) is 5.21 Å². The predicted molar refractivity (Wildman–Crippen MR) is 82.7 cm³/mol. The minimum absolute atomic E-state index is 0.0635. The maximum absolute atomic E-state index is 12.0. The SMILES string of the molecule is O=C(NCCCN1CCCCC1)C(=NO)c1ccccc1. The minimum Gasteiger partial charge on any atom is -0.410 e. The third-order valence-corrected chi connectivity index (χ3v) is 3.75. The number of likely N-dealkylation sites (tertiary alicyclic amines) is 1. The molecule has 0 unspecified atom stereocenters. The van der Waals surface area contributed by atoms with Crippen molar-refractivity contribution < 1.29 is 10.0 Å². The molecule has 2 N–H and O–H groups in total. The van der Waals surface area contributed by atoms with Gasteiger partial charge in [-0.25, -0.2) is 0 Å². The molecule has 1 amide bonds. The van der Waals surface area contributed by atoms with Gasteiger partial charge >= 0.3 is 0 Å². The Morgan fingerprint density at radius 2 is 1.90 bits per heavy atom. The Kier molecular flexibility index (Phi) is 6.22.